The third-order valence-corrected chi connectivity index (χ3v) is 15.3. The molecule has 0 saturated heterocycles. The van der Waals surface area contributed by atoms with Gasteiger partial charge in [0.2, 0.25) is 9.48 Å². The van der Waals surface area contributed by atoms with Crippen molar-refractivity contribution in [1.29, 1.82) is 0 Å². The lowest BCUT2D eigenvalue weighted by molar-refractivity contribution is -0.109. The first-order valence-electron chi connectivity index (χ1n) is 10.7. The van der Waals surface area contributed by atoms with Crippen LogP contribution in [-0.2, 0) is 18.9 Å². The van der Waals surface area contributed by atoms with Gasteiger partial charge in [-0.3, -0.25) is 0 Å². The van der Waals surface area contributed by atoms with Crippen molar-refractivity contribution in [2.24, 2.45) is 0 Å². The SMILES string of the molecule is CCCC[SiH2]C(OCC)(OCC)SSSC(OCC)(OCC)[SiH2]CCCC. The van der Waals surface area contributed by atoms with Gasteiger partial charge in [0.05, 0.1) is 0 Å². The van der Waals surface area contributed by atoms with E-state index in [-0.39, 0.29) is 0 Å². The Morgan fingerprint density at radius 2 is 0.926 bits per heavy atom. The standard InChI is InChI=1S/C18H42O4S3Si2/c1-7-13-15-26-17(19-9-3,20-10-4)23-25-24-18(21-11-5,22-12-6)27-16-14-8-2/h7-16,26-27H2,1-6H3. The lowest BCUT2D eigenvalue weighted by Crippen LogP contribution is -2.40. The average Bonchev–Trinajstić information content (AvgIpc) is 2.63. The summed E-state index contributed by atoms with van der Waals surface area (Å²) in [4.78, 5) is 0. The molecule has 0 rings (SSSR count). The van der Waals surface area contributed by atoms with Gasteiger partial charge in [-0.25, -0.2) is 0 Å². The summed E-state index contributed by atoms with van der Waals surface area (Å²) in [6, 6.07) is 2.50. The van der Waals surface area contributed by atoms with Crippen molar-refractivity contribution < 1.29 is 18.9 Å². The second-order valence-corrected chi connectivity index (χ2v) is 15.9. The van der Waals surface area contributed by atoms with Gasteiger partial charge in [-0.1, -0.05) is 51.6 Å². The molecule has 0 aromatic carbocycles. The van der Waals surface area contributed by atoms with Crippen molar-refractivity contribution in [2.45, 2.75) is 88.8 Å². The normalized spacial score (nSPS) is 13.6. The van der Waals surface area contributed by atoms with E-state index in [9.17, 15) is 0 Å². The van der Waals surface area contributed by atoms with Gasteiger partial charge in [0, 0.05) is 26.4 Å². The van der Waals surface area contributed by atoms with Crippen LogP contribution >= 0.6 is 31.4 Å². The molecule has 164 valence electrons. The minimum Gasteiger partial charge on any atom is -0.345 e. The Hall–Kier alpha value is 1.32. The molecule has 0 aromatic rings. The van der Waals surface area contributed by atoms with Crippen LogP contribution in [0.4, 0.5) is 0 Å². The van der Waals surface area contributed by atoms with Crippen molar-refractivity contribution in [1.82, 2.24) is 0 Å². The zero-order valence-electron chi connectivity index (χ0n) is 18.3. The van der Waals surface area contributed by atoms with Gasteiger partial charge < -0.3 is 18.9 Å². The molecule has 0 aliphatic carbocycles. The van der Waals surface area contributed by atoms with E-state index in [0.29, 0.717) is 26.4 Å². The van der Waals surface area contributed by atoms with Gasteiger partial charge in [-0.2, -0.15) is 0 Å². The number of rotatable bonds is 20. The van der Waals surface area contributed by atoms with Crippen molar-refractivity contribution in [3.8, 4) is 0 Å². The van der Waals surface area contributed by atoms with Gasteiger partial charge in [0.1, 0.15) is 19.0 Å². The number of hydrogen-bond acceptors (Lipinski definition) is 7. The molecular weight excluding hydrogens is 433 g/mol. The first-order chi connectivity index (χ1) is 13.1. The van der Waals surface area contributed by atoms with E-state index >= 15 is 0 Å². The van der Waals surface area contributed by atoms with Crippen LogP contribution in [0, 0.1) is 0 Å². The van der Waals surface area contributed by atoms with Crippen LogP contribution in [0.3, 0.4) is 0 Å². The predicted octanol–water partition coefficient (Wildman–Crippen LogP) is 5.16. The van der Waals surface area contributed by atoms with Gasteiger partial charge in [0.15, 0.2) is 0 Å². The molecule has 0 heterocycles. The second-order valence-electron chi connectivity index (χ2n) is 6.25. The maximum Gasteiger partial charge on any atom is 0.200 e. The quantitative estimate of drug-likeness (QED) is 0.104. The largest absolute Gasteiger partial charge is 0.345 e. The molecule has 0 amide bonds. The molecule has 0 aliphatic rings. The van der Waals surface area contributed by atoms with Crippen molar-refractivity contribution in [2.75, 3.05) is 26.4 Å². The molecule has 0 radical (unpaired) electrons. The van der Waals surface area contributed by atoms with Crippen LogP contribution in [0.15, 0.2) is 0 Å². The van der Waals surface area contributed by atoms with E-state index in [2.05, 4.69) is 41.5 Å². The summed E-state index contributed by atoms with van der Waals surface area (Å²) in [6.07, 6.45) is 4.99. The van der Waals surface area contributed by atoms with Gasteiger partial charge in [-0.15, -0.1) is 0 Å². The number of unbranched alkanes of at least 4 members (excludes halogenated alkanes) is 2. The molecule has 0 aliphatic heterocycles. The van der Waals surface area contributed by atoms with E-state index in [1.165, 1.54) is 37.8 Å². The van der Waals surface area contributed by atoms with Crippen LogP contribution in [0.5, 0.6) is 0 Å². The monoisotopic (exact) mass is 474 g/mol. The van der Waals surface area contributed by atoms with Crippen LogP contribution in [0.1, 0.15) is 67.2 Å². The molecule has 0 aromatic heterocycles. The summed E-state index contributed by atoms with van der Waals surface area (Å²) in [5.41, 5.74) is 0. The third-order valence-electron chi connectivity index (χ3n) is 3.95. The van der Waals surface area contributed by atoms with Crippen molar-refractivity contribution >= 4 is 50.5 Å². The molecule has 9 heteroatoms. The fourth-order valence-corrected chi connectivity index (χ4v) is 16.5. The maximum absolute atomic E-state index is 6.15. The fourth-order valence-electron chi connectivity index (χ4n) is 2.73. The van der Waals surface area contributed by atoms with E-state index in [1.54, 1.807) is 31.4 Å². The highest BCUT2D eigenvalue weighted by Crippen LogP contribution is 2.50. The minimum atomic E-state index is -0.507. The highest BCUT2D eigenvalue weighted by molar-refractivity contribution is 9.10. The molecule has 0 spiro atoms. The molecule has 0 atom stereocenters. The molecule has 0 saturated carbocycles. The summed E-state index contributed by atoms with van der Waals surface area (Å²) in [6.45, 7) is 15.5. The van der Waals surface area contributed by atoms with E-state index in [1.807, 2.05) is 0 Å². The van der Waals surface area contributed by atoms with Crippen LogP contribution in [-0.4, -0.2) is 55.0 Å². The predicted molar refractivity (Wildman–Crippen MR) is 131 cm³/mol. The topological polar surface area (TPSA) is 36.9 Å². The summed E-state index contributed by atoms with van der Waals surface area (Å²) in [7, 11) is 4.22. The first kappa shape index (κ1) is 28.3. The van der Waals surface area contributed by atoms with Gasteiger partial charge >= 0.3 is 0 Å². The minimum absolute atomic E-state index is 0.439. The van der Waals surface area contributed by atoms with E-state index in [0.717, 1.165) is 0 Å². The summed E-state index contributed by atoms with van der Waals surface area (Å²) >= 11 is 0. The molecule has 0 unspecified atom stereocenters. The summed E-state index contributed by atoms with van der Waals surface area (Å²) in [5, 5.41) is 0. The lowest BCUT2D eigenvalue weighted by atomic mass is 10.4. The fraction of sp³-hybridized carbons (Fsp3) is 1.00. The Kier molecular flexibility index (Phi) is 19.0. The van der Waals surface area contributed by atoms with Crippen LogP contribution in [0.2, 0.25) is 12.1 Å². The lowest BCUT2D eigenvalue weighted by Gasteiger charge is -2.35. The number of ether oxygens (including phenoxy) is 4. The van der Waals surface area contributed by atoms with E-state index in [4.69, 9.17) is 18.9 Å². The first-order valence-corrected chi connectivity index (χ1v) is 17.6. The Balaban J connectivity index is 4.97. The average molecular weight is 475 g/mol. The Labute approximate surface area is 184 Å². The molecule has 27 heavy (non-hydrogen) atoms. The Bertz CT molecular complexity index is 300. The molecule has 0 fully saturated rings. The van der Waals surface area contributed by atoms with Gasteiger partial charge in [-0.05, 0) is 59.1 Å². The third kappa shape index (κ3) is 12.6. The highest BCUT2D eigenvalue weighted by Gasteiger charge is 2.37. The van der Waals surface area contributed by atoms with E-state index < -0.39 is 28.5 Å². The molecule has 4 nitrogen and oxygen atoms in total. The smallest absolute Gasteiger partial charge is 0.200 e. The zero-order valence-corrected chi connectivity index (χ0v) is 23.6. The van der Waals surface area contributed by atoms with Crippen LogP contribution < -0.4 is 0 Å². The second kappa shape index (κ2) is 18.1. The summed E-state index contributed by atoms with van der Waals surface area (Å²) < 4.78 is 23.7. The molecular formula is C18H42O4S3Si2. The molecule has 0 N–H and O–H groups in total. The van der Waals surface area contributed by atoms with Crippen LogP contribution in [0.25, 0.3) is 0 Å². The number of hydrogen-bond donors (Lipinski definition) is 0. The maximum atomic E-state index is 6.15. The Morgan fingerprint density at radius 3 is 1.19 bits per heavy atom. The van der Waals surface area contributed by atoms with Gasteiger partial charge in [0.25, 0.3) is 0 Å². The van der Waals surface area contributed by atoms with Crippen molar-refractivity contribution in [3.05, 3.63) is 0 Å². The summed E-state index contributed by atoms with van der Waals surface area (Å²) in [5.74, 6) is 0. The highest BCUT2D eigenvalue weighted by atomic mass is 33.5. The molecule has 0 bridgehead atoms. The van der Waals surface area contributed by atoms with Crippen molar-refractivity contribution in [3.63, 3.8) is 0 Å². The zero-order chi connectivity index (χ0) is 20.4. The Morgan fingerprint density at radius 1 is 0.593 bits per heavy atom.